The van der Waals surface area contributed by atoms with Crippen molar-refractivity contribution in [3.05, 3.63) is 0 Å². The Morgan fingerprint density at radius 3 is 2.57 bits per heavy atom. The number of carboxylic acid groups (broad SMARTS) is 1. The molecule has 0 aromatic heterocycles. The highest BCUT2D eigenvalue weighted by Crippen LogP contribution is 2.46. The molecule has 1 aliphatic carbocycles. The minimum Gasteiger partial charge on any atom is -0.481 e. The second-order valence-corrected chi connectivity index (χ2v) is 7.02. The second-order valence-electron chi connectivity index (χ2n) is 5.75. The average molecular weight is 316 g/mol. The molecule has 0 spiro atoms. The summed E-state index contributed by atoms with van der Waals surface area (Å²) >= 11 is 1.84. The SMILES string of the molecule is CSC1(CNC(=O)N2CCC(OCCC(=O)O)CC2)CC1. The highest BCUT2D eigenvalue weighted by molar-refractivity contribution is 8.00. The predicted octanol–water partition coefficient (Wildman–Crippen LogP) is 1.55. The van der Waals surface area contributed by atoms with Crippen LogP contribution in [0, 0.1) is 0 Å². The van der Waals surface area contributed by atoms with E-state index < -0.39 is 5.97 Å². The van der Waals surface area contributed by atoms with Crippen LogP contribution in [-0.4, -0.2) is 65.4 Å². The first-order chi connectivity index (χ1) is 10.0. The molecule has 0 aromatic carbocycles. The molecule has 2 amide bonds. The van der Waals surface area contributed by atoms with Crippen LogP contribution in [0.2, 0.25) is 0 Å². The molecule has 1 heterocycles. The van der Waals surface area contributed by atoms with E-state index in [4.69, 9.17) is 9.84 Å². The Kier molecular flexibility index (Phi) is 5.75. The number of hydrogen-bond acceptors (Lipinski definition) is 4. The summed E-state index contributed by atoms with van der Waals surface area (Å²) < 4.78 is 5.81. The fourth-order valence-electron chi connectivity index (χ4n) is 2.48. The van der Waals surface area contributed by atoms with Crippen LogP contribution in [0.1, 0.15) is 32.1 Å². The zero-order chi connectivity index (χ0) is 15.3. The number of piperidine rings is 1. The zero-order valence-corrected chi connectivity index (χ0v) is 13.3. The molecule has 21 heavy (non-hydrogen) atoms. The molecule has 2 N–H and O–H groups in total. The normalized spacial score (nSPS) is 21.1. The van der Waals surface area contributed by atoms with Crippen molar-refractivity contribution in [1.29, 1.82) is 0 Å². The summed E-state index contributed by atoms with van der Waals surface area (Å²) in [5.41, 5.74) is 0. The van der Waals surface area contributed by atoms with Gasteiger partial charge in [0.2, 0.25) is 0 Å². The van der Waals surface area contributed by atoms with E-state index in [2.05, 4.69) is 11.6 Å². The Bertz CT molecular complexity index is 379. The molecule has 0 bridgehead atoms. The standard InChI is InChI=1S/C14H24N2O4S/c1-21-14(5-6-14)10-15-13(19)16-7-2-11(3-8-16)20-9-4-12(17)18/h11H,2-10H2,1H3,(H,15,19)(H,17,18). The fraction of sp³-hybridized carbons (Fsp3) is 0.857. The number of carbonyl (C=O) groups is 2. The van der Waals surface area contributed by atoms with Crippen molar-refractivity contribution < 1.29 is 19.4 Å². The molecule has 0 atom stereocenters. The fourth-order valence-corrected chi connectivity index (χ4v) is 3.21. The summed E-state index contributed by atoms with van der Waals surface area (Å²) in [6.45, 7) is 2.36. The Labute approximate surface area is 129 Å². The van der Waals surface area contributed by atoms with Gasteiger partial charge in [-0.3, -0.25) is 4.79 Å². The number of carbonyl (C=O) groups excluding carboxylic acids is 1. The minimum absolute atomic E-state index is 0.0133. The molecule has 120 valence electrons. The maximum atomic E-state index is 12.1. The van der Waals surface area contributed by atoms with Crippen molar-refractivity contribution in [2.75, 3.05) is 32.5 Å². The molecular formula is C14H24N2O4S. The van der Waals surface area contributed by atoms with Gasteiger partial charge in [-0.05, 0) is 31.9 Å². The topological polar surface area (TPSA) is 78.9 Å². The third kappa shape index (κ3) is 5.07. The van der Waals surface area contributed by atoms with Gasteiger partial charge >= 0.3 is 12.0 Å². The van der Waals surface area contributed by atoms with E-state index in [1.54, 1.807) is 0 Å². The maximum absolute atomic E-state index is 12.1. The van der Waals surface area contributed by atoms with Gasteiger partial charge in [-0.15, -0.1) is 0 Å². The molecule has 1 aliphatic heterocycles. The molecule has 7 heteroatoms. The van der Waals surface area contributed by atoms with Crippen molar-refractivity contribution in [2.45, 2.75) is 43.0 Å². The third-order valence-electron chi connectivity index (χ3n) is 4.20. The second kappa shape index (κ2) is 7.35. The number of thioether (sulfide) groups is 1. The monoisotopic (exact) mass is 316 g/mol. The van der Waals surface area contributed by atoms with Crippen LogP contribution in [0.5, 0.6) is 0 Å². The minimum atomic E-state index is -0.838. The van der Waals surface area contributed by atoms with E-state index in [1.165, 1.54) is 12.8 Å². The zero-order valence-electron chi connectivity index (χ0n) is 12.5. The lowest BCUT2D eigenvalue weighted by atomic mass is 10.1. The lowest BCUT2D eigenvalue weighted by Crippen LogP contribution is -2.47. The van der Waals surface area contributed by atoms with Gasteiger partial charge in [-0.2, -0.15) is 11.8 Å². The Morgan fingerprint density at radius 1 is 1.38 bits per heavy atom. The smallest absolute Gasteiger partial charge is 0.317 e. The molecular weight excluding hydrogens is 292 g/mol. The van der Waals surface area contributed by atoms with E-state index in [0.29, 0.717) is 13.1 Å². The van der Waals surface area contributed by atoms with Gasteiger partial charge in [0.1, 0.15) is 0 Å². The summed E-state index contributed by atoms with van der Waals surface area (Å²) in [6, 6.07) is 0.0133. The number of urea groups is 1. The number of carboxylic acids is 1. The van der Waals surface area contributed by atoms with Gasteiger partial charge in [0.05, 0.1) is 19.1 Å². The van der Waals surface area contributed by atoms with Gasteiger partial charge in [0, 0.05) is 24.4 Å². The highest BCUT2D eigenvalue weighted by Gasteiger charge is 2.42. The van der Waals surface area contributed by atoms with Crippen LogP contribution >= 0.6 is 11.8 Å². The van der Waals surface area contributed by atoms with E-state index in [1.807, 2.05) is 16.7 Å². The van der Waals surface area contributed by atoms with Gasteiger partial charge in [-0.1, -0.05) is 0 Å². The average Bonchev–Trinajstić information content (AvgIpc) is 3.26. The number of likely N-dealkylation sites (tertiary alicyclic amines) is 1. The number of aliphatic carboxylic acids is 1. The highest BCUT2D eigenvalue weighted by atomic mass is 32.2. The van der Waals surface area contributed by atoms with Crippen LogP contribution in [0.15, 0.2) is 0 Å². The first kappa shape index (κ1) is 16.4. The van der Waals surface area contributed by atoms with Crippen molar-refractivity contribution in [1.82, 2.24) is 10.2 Å². The molecule has 2 rings (SSSR count). The summed E-state index contributed by atoms with van der Waals surface area (Å²) in [4.78, 5) is 24.3. The third-order valence-corrected chi connectivity index (χ3v) is 5.62. The van der Waals surface area contributed by atoms with Crippen LogP contribution < -0.4 is 5.32 Å². The van der Waals surface area contributed by atoms with Gasteiger partial charge in [0.15, 0.2) is 0 Å². The van der Waals surface area contributed by atoms with Gasteiger partial charge in [-0.25, -0.2) is 4.79 Å². The van der Waals surface area contributed by atoms with Crippen LogP contribution in [0.4, 0.5) is 4.79 Å². The van der Waals surface area contributed by atoms with E-state index in [-0.39, 0.29) is 29.9 Å². The predicted molar refractivity (Wildman–Crippen MR) is 81.7 cm³/mol. The number of ether oxygens (including phenoxy) is 1. The lowest BCUT2D eigenvalue weighted by Gasteiger charge is -2.32. The van der Waals surface area contributed by atoms with Crippen molar-refractivity contribution in [3.8, 4) is 0 Å². The van der Waals surface area contributed by atoms with E-state index in [0.717, 1.165) is 19.4 Å². The Hall–Kier alpha value is -0.950. The van der Waals surface area contributed by atoms with Gasteiger partial charge < -0.3 is 20.1 Å². The molecule has 2 aliphatic rings. The molecule has 0 radical (unpaired) electrons. The first-order valence-electron chi connectivity index (χ1n) is 7.46. The summed E-state index contributed by atoms with van der Waals surface area (Å²) in [6.07, 6.45) is 6.15. The summed E-state index contributed by atoms with van der Waals surface area (Å²) in [7, 11) is 0. The number of hydrogen-bond donors (Lipinski definition) is 2. The van der Waals surface area contributed by atoms with Crippen LogP contribution in [0.3, 0.4) is 0 Å². The van der Waals surface area contributed by atoms with Crippen molar-refractivity contribution in [2.24, 2.45) is 0 Å². The summed E-state index contributed by atoms with van der Waals surface area (Å²) in [5, 5.41) is 11.6. The Morgan fingerprint density at radius 2 is 2.05 bits per heavy atom. The molecule has 1 saturated carbocycles. The lowest BCUT2D eigenvalue weighted by molar-refractivity contribution is -0.138. The van der Waals surface area contributed by atoms with E-state index >= 15 is 0 Å². The maximum Gasteiger partial charge on any atom is 0.317 e. The number of amides is 2. The Balaban J connectivity index is 1.61. The number of nitrogens with zero attached hydrogens (tertiary/aromatic N) is 1. The molecule has 2 fully saturated rings. The quantitative estimate of drug-likeness (QED) is 0.745. The van der Waals surface area contributed by atoms with Crippen LogP contribution in [-0.2, 0) is 9.53 Å². The first-order valence-corrected chi connectivity index (χ1v) is 8.68. The molecule has 6 nitrogen and oxygen atoms in total. The number of nitrogens with one attached hydrogen (secondary N) is 1. The number of rotatable bonds is 7. The molecule has 0 unspecified atom stereocenters. The van der Waals surface area contributed by atoms with Crippen molar-refractivity contribution in [3.63, 3.8) is 0 Å². The molecule has 1 saturated heterocycles. The summed E-state index contributed by atoms with van der Waals surface area (Å²) in [5.74, 6) is -0.838. The van der Waals surface area contributed by atoms with Crippen LogP contribution in [0.25, 0.3) is 0 Å². The largest absolute Gasteiger partial charge is 0.481 e. The van der Waals surface area contributed by atoms with Gasteiger partial charge in [0.25, 0.3) is 0 Å². The molecule has 0 aromatic rings. The van der Waals surface area contributed by atoms with Crippen molar-refractivity contribution >= 4 is 23.8 Å². The van der Waals surface area contributed by atoms with E-state index in [9.17, 15) is 9.59 Å².